The lowest BCUT2D eigenvalue weighted by Gasteiger charge is -2.07. The lowest BCUT2D eigenvalue weighted by Crippen LogP contribution is -2.23. The molecule has 1 aromatic rings. The molecule has 1 aromatic carbocycles. The van der Waals surface area contributed by atoms with Gasteiger partial charge in [0.2, 0.25) is 5.91 Å². The van der Waals surface area contributed by atoms with Gasteiger partial charge < -0.3 is 0 Å². The molecule has 0 spiro atoms. The fourth-order valence-electron chi connectivity index (χ4n) is 2.45. The van der Waals surface area contributed by atoms with Gasteiger partial charge in [-0.1, -0.05) is 37.3 Å². The Labute approximate surface area is 125 Å². The van der Waals surface area contributed by atoms with Crippen LogP contribution in [0.15, 0.2) is 35.4 Å². The number of nitrogens with one attached hydrogen (secondary N) is 1. The summed E-state index contributed by atoms with van der Waals surface area (Å²) >= 11 is 0. The number of carbonyl (C=O) groups is 1. The third kappa shape index (κ3) is 4.67. The van der Waals surface area contributed by atoms with Crippen molar-refractivity contribution in [3.8, 4) is 0 Å². The number of benzene rings is 1. The Kier molecular flexibility index (Phi) is 5.12. The first-order chi connectivity index (χ1) is 10.00. The summed E-state index contributed by atoms with van der Waals surface area (Å²) in [4.78, 5) is 11.8. The molecule has 1 aliphatic heterocycles. The Morgan fingerprint density at radius 3 is 2.62 bits per heavy atom. The average Bonchev–Trinajstić information content (AvgIpc) is 2.79. The molecule has 1 atom stereocenters. The second kappa shape index (κ2) is 6.85. The van der Waals surface area contributed by atoms with Gasteiger partial charge in [0.25, 0.3) is 0 Å². The van der Waals surface area contributed by atoms with Crippen molar-refractivity contribution in [1.82, 2.24) is 5.43 Å². The van der Waals surface area contributed by atoms with E-state index < -0.39 is 9.84 Å². The van der Waals surface area contributed by atoms with Crippen LogP contribution in [0.2, 0.25) is 0 Å². The first kappa shape index (κ1) is 15.7. The lowest BCUT2D eigenvalue weighted by atomic mass is 10.1. The molecular formula is C15H20N2O3S. The predicted molar refractivity (Wildman–Crippen MR) is 82.8 cm³/mol. The third-order valence-corrected chi connectivity index (χ3v) is 5.40. The molecular weight excluding hydrogens is 288 g/mol. The molecule has 0 saturated carbocycles. The predicted octanol–water partition coefficient (Wildman–Crippen LogP) is 1.74. The van der Waals surface area contributed by atoms with Crippen LogP contribution in [0, 0.1) is 5.92 Å². The summed E-state index contributed by atoms with van der Waals surface area (Å²) in [6.07, 6.45) is 1.50. The quantitative estimate of drug-likeness (QED) is 0.665. The molecule has 1 aliphatic rings. The Bertz CT molecular complexity index is 624. The van der Waals surface area contributed by atoms with E-state index >= 15 is 0 Å². The van der Waals surface area contributed by atoms with Gasteiger partial charge in [0, 0.05) is 6.42 Å². The molecule has 2 rings (SSSR count). The normalized spacial score (nSPS) is 21.2. The minimum Gasteiger partial charge on any atom is -0.273 e. The summed E-state index contributed by atoms with van der Waals surface area (Å²) < 4.78 is 22.7. The Balaban J connectivity index is 1.92. The first-order valence-electron chi connectivity index (χ1n) is 7.11. The van der Waals surface area contributed by atoms with Crippen LogP contribution < -0.4 is 5.43 Å². The highest BCUT2D eigenvalue weighted by atomic mass is 32.2. The van der Waals surface area contributed by atoms with Crippen LogP contribution in [0.5, 0.6) is 0 Å². The first-order valence-corrected chi connectivity index (χ1v) is 8.93. The van der Waals surface area contributed by atoms with Gasteiger partial charge in [-0.25, -0.2) is 13.8 Å². The van der Waals surface area contributed by atoms with Crippen molar-refractivity contribution in [2.45, 2.75) is 26.2 Å². The summed E-state index contributed by atoms with van der Waals surface area (Å²) in [7, 11) is -2.94. The van der Waals surface area contributed by atoms with Crippen molar-refractivity contribution < 1.29 is 13.2 Å². The molecule has 1 amide bonds. The minimum atomic E-state index is -2.94. The van der Waals surface area contributed by atoms with E-state index in [0.29, 0.717) is 12.8 Å². The van der Waals surface area contributed by atoms with Gasteiger partial charge in [-0.15, -0.1) is 0 Å². The number of nitrogens with zero attached hydrogens (tertiary/aromatic N) is 1. The molecule has 0 radical (unpaired) electrons. The molecule has 0 aliphatic carbocycles. The van der Waals surface area contributed by atoms with E-state index in [9.17, 15) is 13.2 Å². The second-order valence-corrected chi connectivity index (χ2v) is 7.51. The molecule has 0 aromatic heterocycles. The van der Waals surface area contributed by atoms with Gasteiger partial charge in [0.1, 0.15) is 0 Å². The van der Waals surface area contributed by atoms with E-state index in [1.165, 1.54) is 0 Å². The number of hydrazone groups is 1. The van der Waals surface area contributed by atoms with E-state index in [4.69, 9.17) is 0 Å². The number of amides is 1. The highest BCUT2D eigenvalue weighted by Gasteiger charge is 2.29. The summed E-state index contributed by atoms with van der Waals surface area (Å²) in [5, 5.41) is 4.16. The van der Waals surface area contributed by atoms with E-state index in [0.717, 1.165) is 11.3 Å². The minimum absolute atomic E-state index is 0.0769. The molecule has 6 heteroatoms. The number of rotatable bonds is 5. The standard InChI is InChI=1S/C15H20N2O3S/c1-2-14(13-6-4-3-5-7-13)16-17-15(18)10-12-8-9-21(19,20)11-12/h3-7,12H,2,8-11H2,1H3,(H,17,18)/b16-14-/t12-/m0/s1. The van der Waals surface area contributed by atoms with E-state index in [2.05, 4.69) is 10.5 Å². The Morgan fingerprint density at radius 2 is 2.05 bits per heavy atom. The zero-order chi connectivity index (χ0) is 15.3. The average molecular weight is 308 g/mol. The largest absolute Gasteiger partial charge is 0.273 e. The van der Waals surface area contributed by atoms with Crippen LogP contribution in [0.1, 0.15) is 31.7 Å². The highest BCUT2D eigenvalue weighted by molar-refractivity contribution is 7.91. The van der Waals surface area contributed by atoms with Gasteiger partial charge >= 0.3 is 0 Å². The Morgan fingerprint density at radius 1 is 1.33 bits per heavy atom. The summed E-state index contributed by atoms with van der Waals surface area (Å²) in [5.41, 5.74) is 4.32. The van der Waals surface area contributed by atoms with Crippen LogP contribution in [-0.2, 0) is 14.6 Å². The van der Waals surface area contributed by atoms with Crippen molar-refractivity contribution in [3.63, 3.8) is 0 Å². The van der Waals surface area contributed by atoms with Crippen molar-refractivity contribution in [2.75, 3.05) is 11.5 Å². The summed E-state index contributed by atoms with van der Waals surface area (Å²) in [5.74, 6) is 0.00742. The smallest absolute Gasteiger partial charge is 0.240 e. The van der Waals surface area contributed by atoms with E-state index in [-0.39, 0.29) is 29.8 Å². The zero-order valence-electron chi connectivity index (χ0n) is 12.1. The number of sulfone groups is 1. The monoisotopic (exact) mass is 308 g/mol. The molecule has 21 heavy (non-hydrogen) atoms. The van der Waals surface area contributed by atoms with E-state index in [1.54, 1.807) is 0 Å². The van der Waals surface area contributed by atoms with Crippen LogP contribution in [-0.4, -0.2) is 31.5 Å². The maximum Gasteiger partial charge on any atom is 0.240 e. The van der Waals surface area contributed by atoms with Crippen LogP contribution in [0.3, 0.4) is 0 Å². The fraction of sp³-hybridized carbons (Fsp3) is 0.467. The maximum atomic E-state index is 11.8. The molecule has 114 valence electrons. The van der Waals surface area contributed by atoms with E-state index in [1.807, 2.05) is 37.3 Å². The SMILES string of the molecule is CC/C(=N/NC(=O)C[C@@H]1CCS(=O)(=O)C1)c1ccccc1. The van der Waals surface area contributed by atoms with Gasteiger partial charge in [-0.05, 0) is 24.3 Å². The topological polar surface area (TPSA) is 75.6 Å². The second-order valence-electron chi connectivity index (χ2n) is 5.29. The number of hydrogen-bond donors (Lipinski definition) is 1. The van der Waals surface area contributed by atoms with Gasteiger partial charge in [0.05, 0.1) is 17.2 Å². The summed E-state index contributed by atoms with van der Waals surface area (Å²) in [6.45, 7) is 1.97. The zero-order valence-corrected chi connectivity index (χ0v) is 12.9. The number of carbonyl (C=O) groups excluding carboxylic acids is 1. The highest BCUT2D eigenvalue weighted by Crippen LogP contribution is 2.21. The van der Waals surface area contributed by atoms with Gasteiger partial charge in [0.15, 0.2) is 9.84 Å². The Hall–Kier alpha value is -1.69. The molecule has 0 bridgehead atoms. The van der Waals surface area contributed by atoms with Gasteiger partial charge in [-0.3, -0.25) is 4.79 Å². The lowest BCUT2D eigenvalue weighted by molar-refractivity contribution is -0.121. The summed E-state index contributed by atoms with van der Waals surface area (Å²) in [6, 6.07) is 9.66. The molecule has 0 unspecified atom stereocenters. The van der Waals surface area contributed by atoms with Crippen molar-refractivity contribution in [3.05, 3.63) is 35.9 Å². The van der Waals surface area contributed by atoms with Crippen LogP contribution >= 0.6 is 0 Å². The molecule has 5 nitrogen and oxygen atoms in total. The fourth-order valence-corrected chi connectivity index (χ4v) is 4.31. The maximum absolute atomic E-state index is 11.8. The molecule has 1 N–H and O–H groups in total. The van der Waals surface area contributed by atoms with Crippen molar-refractivity contribution >= 4 is 21.5 Å². The molecule has 1 saturated heterocycles. The van der Waals surface area contributed by atoms with Crippen LogP contribution in [0.4, 0.5) is 0 Å². The van der Waals surface area contributed by atoms with Crippen LogP contribution in [0.25, 0.3) is 0 Å². The third-order valence-electron chi connectivity index (χ3n) is 3.56. The molecule has 1 heterocycles. The van der Waals surface area contributed by atoms with Crippen molar-refractivity contribution in [2.24, 2.45) is 11.0 Å². The molecule has 1 fully saturated rings. The van der Waals surface area contributed by atoms with Crippen molar-refractivity contribution in [1.29, 1.82) is 0 Å². The number of hydrogen-bond acceptors (Lipinski definition) is 4. The van der Waals surface area contributed by atoms with Gasteiger partial charge in [-0.2, -0.15) is 5.10 Å².